The molecule has 2 atom stereocenters. The van der Waals surface area contributed by atoms with Crippen molar-refractivity contribution < 1.29 is 4.74 Å². The highest BCUT2D eigenvalue weighted by atomic mass is 16.5. The maximum absolute atomic E-state index is 5.53. The third-order valence-corrected chi connectivity index (χ3v) is 3.68. The number of rotatable bonds is 4. The van der Waals surface area contributed by atoms with E-state index >= 15 is 0 Å². The van der Waals surface area contributed by atoms with Gasteiger partial charge in [-0.25, -0.2) is 0 Å². The molecule has 0 amide bonds. The van der Waals surface area contributed by atoms with E-state index < -0.39 is 0 Å². The predicted octanol–water partition coefficient (Wildman–Crippen LogP) is 1.98. The van der Waals surface area contributed by atoms with Crippen molar-refractivity contribution in [3.8, 4) is 0 Å². The van der Waals surface area contributed by atoms with Gasteiger partial charge in [0.2, 0.25) is 0 Å². The van der Waals surface area contributed by atoms with Crippen LogP contribution in [-0.2, 0) is 4.74 Å². The van der Waals surface area contributed by atoms with Crippen molar-refractivity contribution in [2.45, 2.75) is 32.4 Å². The molecular weight excluding hydrogens is 226 g/mol. The van der Waals surface area contributed by atoms with Crippen LogP contribution < -0.4 is 10.2 Å². The van der Waals surface area contributed by atoms with Gasteiger partial charge >= 0.3 is 0 Å². The Morgan fingerprint density at radius 3 is 3.00 bits per heavy atom. The van der Waals surface area contributed by atoms with Gasteiger partial charge in [0.15, 0.2) is 0 Å². The van der Waals surface area contributed by atoms with Crippen LogP contribution in [0.1, 0.15) is 32.0 Å². The quantitative estimate of drug-likeness (QED) is 0.885. The fourth-order valence-corrected chi connectivity index (χ4v) is 2.30. The Kier molecular flexibility index (Phi) is 4.55. The molecule has 1 aliphatic rings. The second-order valence-corrected chi connectivity index (χ2v) is 4.78. The van der Waals surface area contributed by atoms with Crippen LogP contribution in [0, 0.1) is 0 Å². The lowest BCUT2D eigenvalue weighted by molar-refractivity contribution is 0.0929. The zero-order chi connectivity index (χ0) is 13.0. The molecule has 0 aliphatic carbocycles. The Balaban J connectivity index is 2.12. The summed E-state index contributed by atoms with van der Waals surface area (Å²) < 4.78 is 5.53. The molecule has 0 aromatic carbocycles. The van der Waals surface area contributed by atoms with E-state index in [9.17, 15) is 0 Å². The van der Waals surface area contributed by atoms with E-state index in [1.54, 1.807) is 0 Å². The summed E-state index contributed by atoms with van der Waals surface area (Å²) in [5, 5.41) is 3.20. The number of nitrogens with zero attached hydrogens (tertiary/aromatic N) is 2. The standard InChI is InChI=1S/C14H23N3O/c1-4-12-10-18-8-7-17(12)13-5-6-14(16-9-13)11(2)15-3/h5-6,9,11-12,15H,4,7-8,10H2,1-3H3. The molecule has 0 saturated carbocycles. The highest BCUT2D eigenvalue weighted by molar-refractivity contribution is 5.46. The van der Waals surface area contributed by atoms with Crippen molar-refractivity contribution in [2.24, 2.45) is 0 Å². The lowest BCUT2D eigenvalue weighted by atomic mass is 10.1. The van der Waals surface area contributed by atoms with Gasteiger partial charge in [-0.15, -0.1) is 0 Å². The van der Waals surface area contributed by atoms with Crippen LogP contribution in [0.5, 0.6) is 0 Å². The van der Waals surface area contributed by atoms with E-state index in [1.165, 1.54) is 5.69 Å². The first-order chi connectivity index (χ1) is 8.76. The summed E-state index contributed by atoms with van der Waals surface area (Å²) in [6.45, 7) is 6.92. The first-order valence-corrected chi connectivity index (χ1v) is 6.73. The molecule has 1 aromatic heterocycles. The van der Waals surface area contributed by atoms with Crippen molar-refractivity contribution >= 4 is 5.69 Å². The molecule has 0 bridgehead atoms. The monoisotopic (exact) mass is 249 g/mol. The molecule has 4 heteroatoms. The zero-order valence-electron chi connectivity index (χ0n) is 11.5. The largest absolute Gasteiger partial charge is 0.377 e. The molecule has 100 valence electrons. The summed E-state index contributed by atoms with van der Waals surface area (Å²) in [6, 6.07) is 5.06. The van der Waals surface area contributed by atoms with Gasteiger partial charge in [0.25, 0.3) is 0 Å². The number of morpholine rings is 1. The van der Waals surface area contributed by atoms with Crippen molar-refractivity contribution in [3.63, 3.8) is 0 Å². The zero-order valence-corrected chi connectivity index (χ0v) is 11.5. The van der Waals surface area contributed by atoms with E-state index in [0.717, 1.165) is 31.9 Å². The number of pyridine rings is 1. The van der Waals surface area contributed by atoms with Gasteiger partial charge in [0.1, 0.15) is 0 Å². The van der Waals surface area contributed by atoms with Crippen molar-refractivity contribution in [3.05, 3.63) is 24.0 Å². The number of hydrogen-bond acceptors (Lipinski definition) is 4. The summed E-state index contributed by atoms with van der Waals surface area (Å²) in [5.74, 6) is 0. The molecule has 4 nitrogen and oxygen atoms in total. The lowest BCUT2D eigenvalue weighted by Crippen LogP contribution is -2.45. The molecule has 2 heterocycles. The summed E-state index contributed by atoms with van der Waals surface area (Å²) in [6.07, 6.45) is 3.09. The number of hydrogen-bond donors (Lipinski definition) is 1. The van der Waals surface area contributed by atoms with Gasteiger partial charge < -0.3 is 15.0 Å². The first kappa shape index (κ1) is 13.3. The third kappa shape index (κ3) is 2.82. The number of anilines is 1. The minimum Gasteiger partial charge on any atom is -0.377 e. The predicted molar refractivity (Wildman–Crippen MR) is 74.0 cm³/mol. The Labute approximate surface area is 109 Å². The smallest absolute Gasteiger partial charge is 0.0670 e. The van der Waals surface area contributed by atoms with Gasteiger partial charge in [-0.1, -0.05) is 6.92 Å². The maximum atomic E-state index is 5.53. The van der Waals surface area contributed by atoms with Crippen LogP contribution in [0.25, 0.3) is 0 Å². The minimum absolute atomic E-state index is 0.297. The van der Waals surface area contributed by atoms with Crippen LogP contribution in [0.2, 0.25) is 0 Å². The fourth-order valence-electron chi connectivity index (χ4n) is 2.30. The van der Waals surface area contributed by atoms with E-state index in [-0.39, 0.29) is 0 Å². The van der Waals surface area contributed by atoms with Gasteiger partial charge in [-0.05, 0) is 32.5 Å². The van der Waals surface area contributed by atoms with Crippen LogP contribution in [0.15, 0.2) is 18.3 Å². The van der Waals surface area contributed by atoms with Crippen molar-refractivity contribution in [2.75, 3.05) is 31.7 Å². The molecule has 2 rings (SSSR count). The molecule has 1 saturated heterocycles. The van der Waals surface area contributed by atoms with Crippen molar-refractivity contribution in [1.29, 1.82) is 0 Å². The highest BCUT2D eigenvalue weighted by Gasteiger charge is 2.21. The van der Waals surface area contributed by atoms with Crippen LogP contribution in [-0.4, -0.2) is 37.8 Å². The van der Waals surface area contributed by atoms with Gasteiger partial charge in [-0.3, -0.25) is 4.98 Å². The van der Waals surface area contributed by atoms with Crippen LogP contribution in [0.4, 0.5) is 5.69 Å². The number of nitrogens with one attached hydrogen (secondary N) is 1. The Bertz CT molecular complexity index is 366. The van der Waals surface area contributed by atoms with E-state index in [1.807, 2.05) is 13.2 Å². The highest BCUT2D eigenvalue weighted by Crippen LogP contribution is 2.21. The summed E-state index contributed by atoms with van der Waals surface area (Å²) in [7, 11) is 1.95. The molecular formula is C14H23N3O. The summed E-state index contributed by atoms with van der Waals surface area (Å²) >= 11 is 0. The average molecular weight is 249 g/mol. The molecule has 1 aliphatic heterocycles. The molecule has 0 radical (unpaired) electrons. The molecule has 1 fully saturated rings. The fraction of sp³-hybridized carbons (Fsp3) is 0.643. The molecule has 1 N–H and O–H groups in total. The molecule has 18 heavy (non-hydrogen) atoms. The Hall–Kier alpha value is -1.13. The SMILES string of the molecule is CCC1COCCN1c1ccc(C(C)NC)nc1. The Morgan fingerprint density at radius 1 is 1.56 bits per heavy atom. The summed E-state index contributed by atoms with van der Waals surface area (Å²) in [5.41, 5.74) is 2.29. The summed E-state index contributed by atoms with van der Waals surface area (Å²) in [4.78, 5) is 6.96. The van der Waals surface area contributed by atoms with Gasteiger partial charge in [0.05, 0.1) is 36.8 Å². The minimum atomic E-state index is 0.297. The normalized spacial score (nSPS) is 21.9. The molecule has 2 unspecified atom stereocenters. The van der Waals surface area contributed by atoms with Gasteiger partial charge in [0, 0.05) is 12.6 Å². The molecule has 1 aromatic rings. The van der Waals surface area contributed by atoms with E-state index in [2.05, 4.69) is 41.2 Å². The number of ether oxygens (including phenoxy) is 1. The van der Waals surface area contributed by atoms with Crippen molar-refractivity contribution in [1.82, 2.24) is 10.3 Å². The van der Waals surface area contributed by atoms with E-state index in [4.69, 9.17) is 4.74 Å². The second kappa shape index (κ2) is 6.16. The maximum Gasteiger partial charge on any atom is 0.0670 e. The number of aromatic nitrogens is 1. The topological polar surface area (TPSA) is 37.4 Å². The first-order valence-electron chi connectivity index (χ1n) is 6.73. The second-order valence-electron chi connectivity index (χ2n) is 4.78. The van der Waals surface area contributed by atoms with Crippen LogP contribution >= 0.6 is 0 Å². The molecule has 0 spiro atoms. The third-order valence-electron chi connectivity index (χ3n) is 3.68. The van der Waals surface area contributed by atoms with E-state index in [0.29, 0.717) is 12.1 Å². The Morgan fingerprint density at radius 2 is 2.39 bits per heavy atom. The van der Waals surface area contributed by atoms with Crippen LogP contribution in [0.3, 0.4) is 0 Å². The lowest BCUT2D eigenvalue weighted by Gasteiger charge is -2.36. The average Bonchev–Trinajstić information content (AvgIpc) is 2.46. The van der Waals surface area contributed by atoms with Gasteiger partial charge in [-0.2, -0.15) is 0 Å².